The molecule has 0 fully saturated rings. The molecule has 0 bridgehead atoms. The highest BCUT2D eigenvalue weighted by Crippen LogP contribution is 2.25. The van der Waals surface area contributed by atoms with Crippen LogP contribution in [0.3, 0.4) is 0 Å². The molecule has 8 nitrogen and oxygen atoms in total. The van der Waals surface area contributed by atoms with Crippen LogP contribution in [-0.4, -0.2) is 63.9 Å². The molecule has 0 amide bonds. The number of ether oxygens (including phenoxy) is 2. The molecule has 0 radical (unpaired) electrons. The van der Waals surface area contributed by atoms with Crippen LogP contribution in [0.25, 0.3) is 0 Å². The number of rotatable bonds is 16. The molecular weight excluding hydrogens is 396 g/mol. The maximum atomic E-state index is 10.9. The Hall–Kier alpha value is -0.260. The average molecular weight is 433 g/mol. The molecule has 27 heavy (non-hydrogen) atoms. The summed E-state index contributed by atoms with van der Waals surface area (Å²) >= 11 is 0. The van der Waals surface area contributed by atoms with E-state index in [9.17, 15) is 16.8 Å². The van der Waals surface area contributed by atoms with Gasteiger partial charge in [0.05, 0.1) is 11.5 Å². The third-order valence-corrected chi connectivity index (χ3v) is 6.30. The van der Waals surface area contributed by atoms with Crippen molar-refractivity contribution in [1.82, 2.24) is 0 Å². The summed E-state index contributed by atoms with van der Waals surface area (Å²) in [5.74, 6) is -0.510. The van der Waals surface area contributed by atoms with Crippen molar-refractivity contribution in [2.75, 3.05) is 37.9 Å². The van der Waals surface area contributed by atoms with E-state index >= 15 is 0 Å². The Balaban J connectivity index is 3.61. The van der Waals surface area contributed by atoms with Gasteiger partial charge in [0.15, 0.2) is 0 Å². The zero-order valence-corrected chi connectivity index (χ0v) is 18.6. The van der Waals surface area contributed by atoms with Crippen LogP contribution >= 0.6 is 0 Å². The van der Waals surface area contributed by atoms with E-state index in [0.717, 1.165) is 6.42 Å². The minimum absolute atomic E-state index is 0.255. The highest BCUT2D eigenvalue weighted by Gasteiger charge is 2.25. The minimum Gasteiger partial charge on any atom is -0.381 e. The van der Waals surface area contributed by atoms with E-state index in [2.05, 4.69) is 0 Å². The monoisotopic (exact) mass is 432 g/mol. The van der Waals surface area contributed by atoms with E-state index in [-0.39, 0.29) is 11.5 Å². The van der Waals surface area contributed by atoms with Crippen molar-refractivity contribution in [3.63, 3.8) is 0 Å². The standard InChI is InChI=1S/C17H36O8S2/c1-16(2,14-26(18,19)20)8-5-10-24-12-7-13-25-11-6-9-17(3,4)15-27(21,22)23/h5-15H2,1-4H3,(H,18,19,20)(H,21,22,23). The summed E-state index contributed by atoms with van der Waals surface area (Å²) in [6.45, 7) is 9.34. The molecule has 0 aliphatic rings. The van der Waals surface area contributed by atoms with Gasteiger partial charge in [-0.15, -0.1) is 0 Å². The van der Waals surface area contributed by atoms with E-state index < -0.39 is 31.1 Å². The zero-order valence-electron chi connectivity index (χ0n) is 16.9. The molecule has 0 aliphatic heterocycles. The van der Waals surface area contributed by atoms with Crippen LogP contribution in [0.4, 0.5) is 0 Å². The molecule has 0 aromatic carbocycles. The molecule has 0 spiro atoms. The van der Waals surface area contributed by atoms with Crippen LogP contribution in [0.2, 0.25) is 0 Å². The molecule has 0 saturated carbocycles. The molecule has 0 heterocycles. The molecule has 0 aromatic heterocycles. The van der Waals surface area contributed by atoms with Crippen molar-refractivity contribution in [1.29, 1.82) is 0 Å². The van der Waals surface area contributed by atoms with Crippen molar-refractivity contribution < 1.29 is 35.4 Å². The Morgan fingerprint density at radius 1 is 0.630 bits per heavy atom. The van der Waals surface area contributed by atoms with Gasteiger partial charge in [-0.2, -0.15) is 16.8 Å². The largest absolute Gasteiger partial charge is 0.381 e. The van der Waals surface area contributed by atoms with Gasteiger partial charge >= 0.3 is 0 Å². The van der Waals surface area contributed by atoms with Gasteiger partial charge in [0.25, 0.3) is 20.2 Å². The third-order valence-electron chi connectivity index (χ3n) is 4.01. The van der Waals surface area contributed by atoms with Crippen molar-refractivity contribution >= 4 is 20.2 Å². The smallest absolute Gasteiger partial charge is 0.265 e. The summed E-state index contributed by atoms with van der Waals surface area (Å²) < 4.78 is 72.4. The van der Waals surface area contributed by atoms with E-state index in [1.54, 1.807) is 27.7 Å². The summed E-state index contributed by atoms with van der Waals surface area (Å²) in [4.78, 5) is 0. The first kappa shape index (κ1) is 26.7. The lowest BCUT2D eigenvalue weighted by molar-refractivity contribution is 0.0747. The van der Waals surface area contributed by atoms with E-state index in [1.807, 2.05) is 0 Å². The van der Waals surface area contributed by atoms with Crippen LogP contribution in [0.1, 0.15) is 59.8 Å². The fourth-order valence-corrected chi connectivity index (χ4v) is 5.17. The second kappa shape index (κ2) is 11.7. The number of hydrogen-bond acceptors (Lipinski definition) is 6. The molecule has 0 aromatic rings. The third kappa shape index (κ3) is 18.9. The summed E-state index contributed by atoms with van der Waals surface area (Å²) in [6.07, 6.45) is 3.45. The molecule has 10 heteroatoms. The quantitative estimate of drug-likeness (QED) is 0.281. The average Bonchev–Trinajstić information content (AvgIpc) is 2.39. The maximum Gasteiger partial charge on any atom is 0.265 e. The van der Waals surface area contributed by atoms with E-state index in [1.165, 1.54) is 0 Å². The molecule has 0 rings (SSSR count). The Bertz CT molecular complexity index is 555. The fourth-order valence-electron chi connectivity index (χ4n) is 2.90. The lowest BCUT2D eigenvalue weighted by atomic mass is 9.90. The zero-order chi connectivity index (χ0) is 21.2. The first-order valence-electron chi connectivity index (χ1n) is 9.18. The van der Waals surface area contributed by atoms with Gasteiger partial charge in [-0.05, 0) is 42.9 Å². The van der Waals surface area contributed by atoms with Crippen molar-refractivity contribution in [2.24, 2.45) is 10.8 Å². The SMILES string of the molecule is CC(C)(CCCOCCCOCCCC(C)(C)CS(=O)(=O)O)CS(=O)(=O)O. The molecule has 0 saturated heterocycles. The lowest BCUT2D eigenvalue weighted by Gasteiger charge is -2.22. The molecule has 2 N–H and O–H groups in total. The summed E-state index contributed by atoms with van der Waals surface area (Å²) in [7, 11) is -7.92. The van der Waals surface area contributed by atoms with Crippen LogP contribution in [0.15, 0.2) is 0 Å². The molecule has 0 atom stereocenters. The predicted octanol–water partition coefficient (Wildman–Crippen LogP) is 2.80. The molecule has 164 valence electrons. The summed E-state index contributed by atoms with van der Waals surface area (Å²) in [5, 5.41) is 0. The Labute approximate surface area is 164 Å². The van der Waals surface area contributed by atoms with Crippen LogP contribution in [0, 0.1) is 10.8 Å². The van der Waals surface area contributed by atoms with Crippen LogP contribution < -0.4 is 0 Å². The van der Waals surface area contributed by atoms with E-state index in [4.69, 9.17) is 18.6 Å². The molecular formula is C17H36O8S2. The topological polar surface area (TPSA) is 127 Å². The van der Waals surface area contributed by atoms with Crippen LogP contribution in [-0.2, 0) is 29.7 Å². The lowest BCUT2D eigenvalue weighted by Crippen LogP contribution is -2.24. The first-order valence-corrected chi connectivity index (χ1v) is 12.4. The van der Waals surface area contributed by atoms with Crippen molar-refractivity contribution in [3.05, 3.63) is 0 Å². The van der Waals surface area contributed by atoms with Gasteiger partial charge in [0, 0.05) is 26.4 Å². The predicted molar refractivity (Wildman–Crippen MR) is 105 cm³/mol. The fraction of sp³-hybridized carbons (Fsp3) is 1.00. The van der Waals surface area contributed by atoms with Crippen LogP contribution in [0.5, 0.6) is 0 Å². The van der Waals surface area contributed by atoms with Gasteiger partial charge in [0.2, 0.25) is 0 Å². The maximum absolute atomic E-state index is 10.9. The van der Waals surface area contributed by atoms with Crippen molar-refractivity contribution in [3.8, 4) is 0 Å². The Morgan fingerprint density at radius 2 is 0.926 bits per heavy atom. The summed E-state index contributed by atoms with van der Waals surface area (Å²) in [6, 6.07) is 0. The van der Waals surface area contributed by atoms with Gasteiger partial charge in [0.1, 0.15) is 0 Å². The highest BCUT2D eigenvalue weighted by atomic mass is 32.2. The first-order chi connectivity index (χ1) is 12.1. The van der Waals surface area contributed by atoms with Gasteiger partial charge in [-0.1, -0.05) is 27.7 Å². The Morgan fingerprint density at radius 3 is 1.22 bits per heavy atom. The second-order valence-corrected chi connectivity index (χ2v) is 11.5. The van der Waals surface area contributed by atoms with Gasteiger partial charge < -0.3 is 9.47 Å². The molecule has 0 unspecified atom stereocenters. The summed E-state index contributed by atoms with van der Waals surface area (Å²) in [5.41, 5.74) is -0.966. The number of hydrogen-bond donors (Lipinski definition) is 2. The van der Waals surface area contributed by atoms with Gasteiger partial charge in [-0.3, -0.25) is 9.11 Å². The Kier molecular flexibility index (Phi) is 11.6. The van der Waals surface area contributed by atoms with Crippen molar-refractivity contribution in [2.45, 2.75) is 59.8 Å². The molecule has 0 aliphatic carbocycles. The van der Waals surface area contributed by atoms with Gasteiger partial charge in [-0.25, -0.2) is 0 Å². The normalized spacial score (nSPS) is 13.9. The highest BCUT2D eigenvalue weighted by molar-refractivity contribution is 7.86. The second-order valence-electron chi connectivity index (χ2n) is 8.57. The van der Waals surface area contributed by atoms with E-state index in [0.29, 0.717) is 52.1 Å². The minimum atomic E-state index is -3.96.